The number of nitroso groups, excluding NO2 is 1. The highest BCUT2D eigenvalue weighted by Gasteiger charge is 2.08. The van der Waals surface area contributed by atoms with Crippen molar-refractivity contribution in [2.75, 3.05) is 0 Å². The van der Waals surface area contributed by atoms with Crippen LogP contribution in [0.15, 0.2) is 52.7 Å². The number of benzene rings is 1. The molecule has 2 heterocycles. The van der Waals surface area contributed by atoms with E-state index < -0.39 is 0 Å². The third-order valence-electron chi connectivity index (χ3n) is 2.75. The highest BCUT2D eigenvalue weighted by atomic mass is 16.3. The summed E-state index contributed by atoms with van der Waals surface area (Å²) in [4.78, 5) is 22.9. The quantitative estimate of drug-likeness (QED) is 0.696. The van der Waals surface area contributed by atoms with E-state index in [0.717, 1.165) is 0 Å². The molecule has 0 saturated carbocycles. The van der Waals surface area contributed by atoms with Gasteiger partial charge in [0.1, 0.15) is 5.69 Å². The van der Waals surface area contributed by atoms with Crippen molar-refractivity contribution in [2.45, 2.75) is 0 Å². The molecule has 88 valence electrons. The van der Waals surface area contributed by atoms with E-state index in [0.29, 0.717) is 16.6 Å². The van der Waals surface area contributed by atoms with Gasteiger partial charge in [0.15, 0.2) is 5.82 Å². The average molecular weight is 240 g/mol. The van der Waals surface area contributed by atoms with E-state index in [1.54, 1.807) is 42.7 Å². The summed E-state index contributed by atoms with van der Waals surface area (Å²) in [5.41, 5.74) is 0.0314. The van der Waals surface area contributed by atoms with Gasteiger partial charge in [0, 0.05) is 29.2 Å². The van der Waals surface area contributed by atoms with Crippen molar-refractivity contribution in [2.24, 2.45) is 5.18 Å². The van der Waals surface area contributed by atoms with Crippen LogP contribution in [0.3, 0.4) is 0 Å². The summed E-state index contributed by atoms with van der Waals surface area (Å²) in [5, 5.41) is 10.5. The number of aromatic amines is 1. The zero-order chi connectivity index (χ0) is 12.5. The summed E-state index contributed by atoms with van der Waals surface area (Å²) in [7, 11) is 0. The highest BCUT2D eigenvalue weighted by molar-refractivity contribution is 5.91. The Bertz CT molecular complexity index is 774. The van der Waals surface area contributed by atoms with Gasteiger partial charge in [0.2, 0.25) is 0 Å². The maximum Gasteiger partial charge on any atom is 0.264 e. The molecule has 0 unspecified atom stereocenters. The molecule has 0 aliphatic heterocycles. The molecule has 0 radical (unpaired) electrons. The van der Waals surface area contributed by atoms with Gasteiger partial charge in [-0.2, -0.15) is 5.10 Å². The normalized spacial score (nSPS) is 10.7. The van der Waals surface area contributed by atoms with Crippen LogP contribution < -0.4 is 5.56 Å². The van der Waals surface area contributed by atoms with Gasteiger partial charge in [-0.25, -0.2) is 0 Å². The summed E-state index contributed by atoms with van der Waals surface area (Å²) < 4.78 is 1.41. The molecule has 3 aromatic rings. The fourth-order valence-electron chi connectivity index (χ4n) is 1.91. The molecule has 0 saturated heterocycles. The predicted molar refractivity (Wildman–Crippen MR) is 67.1 cm³/mol. The van der Waals surface area contributed by atoms with Crippen LogP contribution >= 0.6 is 0 Å². The third kappa shape index (κ3) is 1.43. The molecule has 1 N–H and O–H groups in total. The SMILES string of the molecule is O=Nc1cccc2c(=O)n(-c3cc[nH]n3)ccc12. The minimum absolute atomic E-state index is 0.231. The van der Waals surface area contributed by atoms with Crippen LogP contribution in [-0.2, 0) is 0 Å². The Hall–Kier alpha value is -2.76. The minimum atomic E-state index is -0.231. The van der Waals surface area contributed by atoms with Crippen LogP contribution in [0.25, 0.3) is 16.6 Å². The lowest BCUT2D eigenvalue weighted by Gasteiger charge is -2.04. The molecule has 0 bridgehead atoms. The van der Waals surface area contributed by atoms with Gasteiger partial charge in [-0.15, -0.1) is 4.91 Å². The molecule has 0 amide bonds. The molecule has 2 aromatic heterocycles. The minimum Gasteiger partial charge on any atom is -0.284 e. The number of hydrogen-bond acceptors (Lipinski definition) is 4. The fourth-order valence-corrected chi connectivity index (χ4v) is 1.91. The maximum absolute atomic E-state index is 12.3. The zero-order valence-corrected chi connectivity index (χ0v) is 9.20. The smallest absolute Gasteiger partial charge is 0.264 e. The molecule has 18 heavy (non-hydrogen) atoms. The Morgan fingerprint density at radius 3 is 2.78 bits per heavy atom. The molecule has 6 nitrogen and oxygen atoms in total. The average Bonchev–Trinajstić information content (AvgIpc) is 2.92. The van der Waals surface area contributed by atoms with Crippen molar-refractivity contribution in [3.63, 3.8) is 0 Å². The van der Waals surface area contributed by atoms with Crippen molar-refractivity contribution in [1.82, 2.24) is 14.8 Å². The van der Waals surface area contributed by atoms with Gasteiger partial charge in [0.05, 0.1) is 0 Å². The van der Waals surface area contributed by atoms with E-state index in [9.17, 15) is 9.70 Å². The van der Waals surface area contributed by atoms with Crippen molar-refractivity contribution in [1.29, 1.82) is 0 Å². The van der Waals surface area contributed by atoms with Gasteiger partial charge >= 0.3 is 0 Å². The molecule has 1 aromatic carbocycles. The first kappa shape index (κ1) is 10.4. The number of aromatic nitrogens is 3. The first-order valence-corrected chi connectivity index (χ1v) is 5.29. The molecule has 0 atom stereocenters. The van der Waals surface area contributed by atoms with E-state index in [-0.39, 0.29) is 11.2 Å². The van der Waals surface area contributed by atoms with Crippen LogP contribution in [0.1, 0.15) is 0 Å². The topological polar surface area (TPSA) is 80.1 Å². The molecule has 0 fully saturated rings. The summed E-state index contributed by atoms with van der Waals surface area (Å²) in [6.45, 7) is 0. The number of pyridine rings is 1. The van der Waals surface area contributed by atoms with Crippen molar-refractivity contribution >= 4 is 16.5 Å². The molecule has 3 rings (SSSR count). The second kappa shape index (κ2) is 3.92. The molecule has 0 spiro atoms. The second-order valence-electron chi connectivity index (χ2n) is 3.75. The predicted octanol–water partition coefficient (Wildman–Crippen LogP) is 2.11. The molecular weight excluding hydrogens is 232 g/mol. The lowest BCUT2D eigenvalue weighted by molar-refractivity contribution is 0.927. The van der Waals surface area contributed by atoms with Gasteiger partial charge in [-0.05, 0) is 23.4 Å². The number of nitrogens with one attached hydrogen (secondary N) is 1. The van der Waals surface area contributed by atoms with E-state index in [4.69, 9.17) is 0 Å². The summed E-state index contributed by atoms with van der Waals surface area (Å²) in [6.07, 6.45) is 3.21. The largest absolute Gasteiger partial charge is 0.284 e. The van der Waals surface area contributed by atoms with Crippen LogP contribution in [0.2, 0.25) is 0 Å². The van der Waals surface area contributed by atoms with E-state index in [2.05, 4.69) is 15.4 Å². The van der Waals surface area contributed by atoms with Crippen molar-refractivity contribution in [3.8, 4) is 5.82 Å². The Morgan fingerprint density at radius 2 is 2.06 bits per heavy atom. The van der Waals surface area contributed by atoms with Gasteiger partial charge in [0.25, 0.3) is 5.56 Å². The van der Waals surface area contributed by atoms with Crippen LogP contribution in [0.4, 0.5) is 5.69 Å². The summed E-state index contributed by atoms with van der Waals surface area (Å²) >= 11 is 0. The van der Waals surface area contributed by atoms with Crippen LogP contribution in [0, 0.1) is 4.91 Å². The third-order valence-corrected chi connectivity index (χ3v) is 2.75. The lowest BCUT2D eigenvalue weighted by Crippen LogP contribution is -2.17. The Kier molecular flexibility index (Phi) is 2.26. The Balaban J connectivity index is 2.37. The molecule has 6 heteroatoms. The first-order valence-electron chi connectivity index (χ1n) is 5.29. The Morgan fingerprint density at radius 1 is 1.17 bits per heavy atom. The highest BCUT2D eigenvalue weighted by Crippen LogP contribution is 2.23. The van der Waals surface area contributed by atoms with E-state index in [1.165, 1.54) is 4.57 Å². The first-order chi connectivity index (χ1) is 8.81. The van der Waals surface area contributed by atoms with E-state index in [1.807, 2.05) is 0 Å². The zero-order valence-electron chi connectivity index (χ0n) is 9.20. The van der Waals surface area contributed by atoms with Crippen LogP contribution in [0.5, 0.6) is 0 Å². The van der Waals surface area contributed by atoms with Gasteiger partial charge in [-0.1, -0.05) is 6.07 Å². The number of hydrogen-bond donors (Lipinski definition) is 1. The monoisotopic (exact) mass is 240 g/mol. The fraction of sp³-hybridized carbons (Fsp3) is 0. The van der Waals surface area contributed by atoms with Gasteiger partial charge < -0.3 is 0 Å². The Labute approximate surface area is 101 Å². The number of nitrogens with zero attached hydrogens (tertiary/aromatic N) is 3. The molecular formula is C12H8N4O2. The number of H-pyrrole nitrogens is 1. The van der Waals surface area contributed by atoms with Crippen molar-refractivity contribution in [3.05, 3.63) is 58.0 Å². The maximum atomic E-state index is 12.3. The number of rotatable bonds is 2. The second-order valence-corrected chi connectivity index (χ2v) is 3.75. The summed E-state index contributed by atoms with van der Waals surface area (Å²) in [6, 6.07) is 8.25. The molecule has 0 aliphatic rings. The summed E-state index contributed by atoms with van der Waals surface area (Å²) in [5.74, 6) is 0.506. The van der Waals surface area contributed by atoms with Crippen LogP contribution in [-0.4, -0.2) is 14.8 Å². The standard InChI is InChI=1S/C12H8N4O2/c17-12-9-2-1-3-10(15-18)8(9)5-7-16(12)11-4-6-13-14-11/h1-7H,(H,13,14). The number of fused-ring (bicyclic) bond motifs is 1. The lowest BCUT2D eigenvalue weighted by atomic mass is 10.1. The molecule has 0 aliphatic carbocycles. The van der Waals surface area contributed by atoms with E-state index >= 15 is 0 Å². The van der Waals surface area contributed by atoms with Gasteiger partial charge in [-0.3, -0.25) is 14.5 Å². The van der Waals surface area contributed by atoms with Crippen molar-refractivity contribution < 1.29 is 0 Å².